The summed E-state index contributed by atoms with van der Waals surface area (Å²) < 4.78 is 2.01. The molecule has 0 fully saturated rings. The van der Waals surface area contributed by atoms with Gasteiger partial charge in [-0.15, -0.1) is 11.8 Å². The summed E-state index contributed by atoms with van der Waals surface area (Å²) in [7, 11) is 0. The second-order valence-electron chi connectivity index (χ2n) is 5.20. The van der Waals surface area contributed by atoms with Crippen LogP contribution in [0, 0.1) is 0 Å². The largest absolute Gasteiger partial charge is 0.308 e. The van der Waals surface area contributed by atoms with Crippen LogP contribution in [0.25, 0.3) is 0 Å². The van der Waals surface area contributed by atoms with Gasteiger partial charge in [0.2, 0.25) is 0 Å². The van der Waals surface area contributed by atoms with E-state index in [1.165, 1.54) is 10.5 Å². The molecule has 21 heavy (non-hydrogen) atoms. The first-order valence-corrected chi connectivity index (χ1v) is 8.69. The lowest BCUT2D eigenvalue weighted by Crippen LogP contribution is -2.32. The van der Waals surface area contributed by atoms with Gasteiger partial charge in [-0.2, -0.15) is 5.10 Å². The highest BCUT2D eigenvalue weighted by molar-refractivity contribution is 8.00. The number of fused-ring (bicyclic) bond motifs is 1. The van der Waals surface area contributed by atoms with Crippen molar-refractivity contribution in [1.29, 1.82) is 0 Å². The standard InChI is InChI=1S/C16H20ClN3S/c1-3-18-15(16-12(17)10-19-20(16)4-2)14-9-11-7-5-6-8-13(11)21-14/h5-8,10,14-15,18H,3-4,9H2,1-2H3. The SMILES string of the molecule is CCNC(c1c(Cl)cnn1CC)C1Cc2ccccc2S1. The van der Waals surface area contributed by atoms with Crippen LogP contribution in [0.1, 0.15) is 31.1 Å². The van der Waals surface area contributed by atoms with Gasteiger partial charge < -0.3 is 5.32 Å². The predicted octanol–water partition coefficient (Wildman–Crippen LogP) is 3.92. The summed E-state index contributed by atoms with van der Waals surface area (Å²) >= 11 is 8.36. The topological polar surface area (TPSA) is 29.9 Å². The first-order valence-electron chi connectivity index (χ1n) is 7.43. The van der Waals surface area contributed by atoms with Crippen molar-refractivity contribution >= 4 is 23.4 Å². The molecule has 5 heteroatoms. The molecule has 1 aromatic carbocycles. The molecule has 0 radical (unpaired) electrons. The molecule has 0 aliphatic carbocycles. The van der Waals surface area contributed by atoms with Crippen LogP contribution in [-0.4, -0.2) is 21.6 Å². The molecule has 0 bridgehead atoms. The van der Waals surface area contributed by atoms with E-state index in [-0.39, 0.29) is 6.04 Å². The van der Waals surface area contributed by atoms with Gasteiger partial charge in [-0.05, 0) is 31.5 Å². The summed E-state index contributed by atoms with van der Waals surface area (Å²) in [6.45, 7) is 6.00. The van der Waals surface area contributed by atoms with E-state index in [2.05, 4.69) is 48.5 Å². The molecule has 112 valence electrons. The average Bonchev–Trinajstić information content (AvgIpc) is 3.08. The molecule has 1 aliphatic heterocycles. The second-order valence-corrected chi connectivity index (χ2v) is 6.89. The first kappa shape index (κ1) is 14.9. The van der Waals surface area contributed by atoms with E-state index in [1.807, 2.05) is 16.4 Å². The number of hydrogen-bond acceptors (Lipinski definition) is 3. The second kappa shape index (κ2) is 6.42. The van der Waals surface area contributed by atoms with Crippen molar-refractivity contribution in [3.63, 3.8) is 0 Å². The molecule has 1 aromatic heterocycles. The van der Waals surface area contributed by atoms with Crippen molar-refractivity contribution in [1.82, 2.24) is 15.1 Å². The molecule has 3 nitrogen and oxygen atoms in total. The molecular weight excluding hydrogens is 302 g/mol. The van der Waals surface area contributed by atoms with Gasteiger partial charge in [0.25, 0.3) is 0 Å². The van der Waals surface area contributed by atoms with Crippen molar-refractivity contribution < 1.29 is 0 Å². The number of halogens is 1. The molecule has 2 unspecified atom stereocenters. The van der Waals surface area contributed by atoms with Crippen LogP contribution >= 0.6 is 23.4 Å². The maximum Gasteiger partial charge on any atom is 0.0834 e. The van der Waals surface area contributed by atoms with Crippen LogP contribution < -0.4 is 5.32 Å². The molecule has 0 saturated carbocycles. The number of benzene rings is 1. The Morgan fingerprint density at radius 2 is 2.24 bits per heavy atom. The highest BCUT2D eigenvalue weighted by Gasteiger charge is 2.33. The first-order chi connectivity index (χ1) is 10.2. The van der Waals surface area contributed by atoms with Crippen molar-refractivity contribution in [3.8, 4) is 0 Å². The fourth-order valence-corrected chi connectivity index (χ4v) is 4.62. The third-order valence-electron chi connectivity index (χ3n) is 3.90. The predicted molar refractivity (Wildman–Crippen MR) is 89.1 cm³/mol. The Balaban J connectivity index is 1.91. The molecule has 0 spiro atoms. The van der Waals surface area contributed by atoms with Crippen molar-refractivity contribution in [2.45, 2.75) is 43.0 Å². The Bertz CT molecular complexity index is 601. The number of aryl methyl sites for hydroxylation is 1. The molecule has 2 atom stereocenters. The fourth-order valence-electron chi connectivity index (χ4n) is 2.95. The van der Waals surface area contributed by atoms with Gasteiger partial charge in [0.05, 0.1) is 23.0 Å². The monoisotopic (exact) mass is 321 g/mol. The van der Waals surface area contributed by atoms with E-state index in [4.69, 9.17) is 11.6 Å². The summed E-state index contributed by atoms with van der Waals surface area (Å²) in [5.41, 5.74) is 2.56. The van der Waals surface area contributed by atoms with E-state index in [0.717, 1.165) is 30.2 Å². The third kappa shape index (κ3) is 2.85. The molecule has 0 amide bonds. The summed E-state index contributed by atoms with van der Waals surface area (Å²) in [5, 5.41) is 9.23. The Hall–Kier alpha value is -0.970. The van der Waals surface area contributed by atoms with Crippen molar-refractivity contribution in [3.05, 3.63) is 46.7 Å². The van der Waals surface area contributed by atoms with E-state index in [0.29, 0.717) is 5.25 Å². The number of aromatic nitrogens is 2. The van der Waals surface area contributed by atoms with Crippen LogP contribution in [0.5, 0.6) is 0 Å². The minimum atomic E-state index is 0.224. The summed E-state index contributed by atoms with van der Waals surface area (Å²) in [6, 6.07) is 8.89. The minimum Gasteiger partial charge on any atom is -0.308 e. The van der Waals surface area contributed by atoms with Crippen LogP contribution in [-0.2, 0) is 13.0 Å². The summed E-state index contributed by atoms with van der Waals surface area (Å²) in [4.78, 5) is 1.39. The molecule has 2 aromatic rings. The molecule has 0 saturated heterocycles. The smallest absolute Gasteiger partial charge is 0.0834 e. The van der Waals surface area contributed by atoms with Gasteiger partial charge in [0, 0.05) is 16.7 Å². The quantitative estimate of drug-likeness (QED) is 0.905. The highest BCUT2D eigenvalue weighted by atomic mass is 35.5. The lowest BCUT2D eigenvalue weighted by molar-refractivity contribution is 0.479. The van der Waals surface area contributed by atoms with E-state index in [9.17, 15) is 0 Å². The number of nitrogens with zero attached hydrogens (tertiary/aromatic N) is 2. The Morgan fingerprint density at radius 1 is 1.43 bits per heavy atom. The van der Waals surface area contributed by atoms with Crippen LogP contribution in [0.3, 0.4) is 0 Å². The zero-order chi connectivity index (χ0) is 14.8. The lowest BCUT2D eigenvalue weighted by atomic mass is 10.0. The van der Waals surface area contributed by atoms with Crippen LogP contribution in [0.2, 0.25) is 5.02 Å². The maximum atomic E-state index is 6.41. The number of hydrogen-bond donors (Lipinski definition) is 1. The zero-order valence-corrected chi connectivity index (χ0v) is 13.9. The maximum absolute atomic E-state index is 6.41. The zero-order valence-electron chi connectivity index (χ0n) is 12.3. The Kier molecular flexibility index (Phi) is 4.57. The Labute approximate surface area is 135 Å². The van der Waals surface area contributed by atoms with Gasteiger partial charge in [0.15, 0.2) is 0 Å². The van der Waals surface area contributed by atoms with E-state index < -0.39 is 0 Å². The molecule has 1 N–H and O–H groups in total. The molecule has 1 aliphatic rings. The van der Waals surface area contributed by atoms with E-state index >= 15 is 0 Å². The lowest BCUT2D eigenvalue weighted by Gasteiger charge is -2.25. The third-order valence-corrected chi connectivity index (χ3v) is 5.58. The molecule has 2 heterocycles. The highest BCUT2D eigenvalue weighted by Crippen LogP contribution is 2.43. The van der Waals surface area contributed by atoms with Gasteiger partial charge >= 0.3 is 0 Å². The van der Waals surface area contributed by atoms with Crippen molar-refractivity contribution in [2.24, 2.45) is 0 Å². The van der Waals surface area contributed by atoms with Crippen LogP contribution in [0.15, 0.2) is 35.4 Å². The minimum absolute atomic E-state index is 0.224. The normalized spacial score (nSPS) is 18.7. The molecule has 3 rings (SSSR count). The Morgan fingerprint density at radius 3 is 2.95 bits per heavy atom. The van der Waals surface area contributed by atoms with Gasteiger partial charge in [0.1, 0.15) is 0 Å². The van der Waals surface area contributed by atoms with Gasteiger partial charge in [-0.25, -0.2) is 0 Å². The van der Waals surface area contributed by atoms with Gasteiger partial charge in [-0.3, -0.25) is 4.68 Å². The number of rotatable bonds is 5. The summed E-state index contributed by atoms with van der Waals surface area (Å²) in [5.74, 6) is 0. The van der Waals surface area contributed by atoms with Crippen molar-refractivity contribution in [2.75, 3.05) is 6.54 Å². The average molecular weight is 322 g/mol. The fraction of sp³-hybridized carbons (Fsp3) is 0.438. The van der Waals surface area contributed by atoms with Crippen LogP contribution in [0.4, 0.5) is 0 Å². The number of thioether (sulfide) groups is 1. The van der Waals surface area contributed by atoms with E-state index in [1.54, 1.807) is 6.20 Å². The van der Waals surface area contributed by atoms with Gasteiger partial charge in [-0.1, -0.05) is 36.7 Å². The molecular formula is C16H20ClN3S. The number of nitrogens with one attached hydrogen (secondary N) is 1. The summed E-state index contributed by atoms with van der Waals surface area (Å²) in [6.07, 6.45) is 2.83.